The lowest BCUT2D eigenvalue weighted by atomic mass is 9.90. The van der Waals surface area contributed by atoms with E-state index in [4.69, 9.17) is 23.2 Å². The highest BCUT2D eigenvalue weighted by Crippen LogP contribution is 2.28. The van der Waals surface area contributed by atoms with Crippen molar-refractivity contribution in [3.8, 4) is 0 Å². The number of hydrogen-bond donors (Lipinski definition) is 0. The molecular formula is C7H10Cl2O. The molecule has 0 spiro atoms. The summed E-state index contributed by atoms with van der Waals surface area (Å²) in [5.74, 6) is 0.0258. The highest BCUT2D eigenvalue weighted by molar-refractivity contribution is 6.64. The van der Waals surface area contributed by atoms with Gasteiger partial charge in [0.15, 0.2) is 0 Å². The lowest BCUT2D eigenvalue weighted by Crippen LogP contribution is -2.19. The number of halogens is 2. The summed E-state index contributed by atoms with van der Waals surface area (Å²) in [4.78, 5) is 10.7. The maximum absolute atomic E-state index is 10.7. The average molecular weight is 181 g/mol. The molecule has 0 aliphatic heterocycles. The van der Waals surface area contributed by atoms with Crippen molar-refractivity contribution in [1.29, 1.82) is 0 Å². The van der Waals surface area contributed by atoms with Gasteiger partial charge < -0.3 is 0 Å². The monoisotopic (exact) mass is 180 g/mol. The second-order valence-electron chi connectivity index (χ2n) is 2.76. The van der Waals surface area contributed by atoms with Crippen molar-refractivity contribution in [1.82, 2.24) is 0 Å². The maximum Gasteiger partial charge on any atom is 0.224 e. The van der Waals surface area contributed by atoms with Crippen LogP contribution in [0.3, 0.4) is 0 Å². The van der Waals surface area contributed by atoms with Crippen LogP contribution in [0.5, 0.6) is 0 Å². The van der Waals surface area contributed by atoms with Crippen molar-refractivity contribution in [3.05, 3.63) is 0 Å². The van der Waals surface area contributed by atoms with E-state index in [0.717, 1.165) is 25.7 Å². The predicted molar refractivity (Wildman–Crippen MR) is 42.5 cm³/mol. The standard InChI is InChI=1S/C7H10Cl2O/c8-6-3-1-2-5(4-6)7(9)10/h5-6H,1-4H2. The molecule has 1 nitrogen and oxygen atoms in total. The van der Waals surface area contributed by atoms with E-state index in [1.54, 1.807) is 0 Å². The van der Waals surface area contributed by atoms with Gasteiger partial charge in [-0.15, -0.1) is 11.6 Å². The summed E-state index contributed by atoms with van der Waals surface area (Å²) in [6.07, 6.45) is 3.76. The minimum Gasteiger partial charge on any atom is -0.281 e. The fourth-order valence-electron chi connectivity index (χ4n) is 1.34. The molecule has 1 saturated carbocycles. The van der Waals surface area contributed by atoms with Gasteiger partial charge in [0.25, 0.3) is 0 Å². The summed E-state index contributed by atoms with van der Waals surface area (Å²) in [7, 11) is 0. The Morgan fingerprint density at radius 2 is 2.10 bits per heavy atom. The fourth-order valence-corrected chi connectivity index (χ4v) is 1.90. The summed E-state index contributed by atoms with van der Waals surface area (Å²) < 4.78 is 0. The third kappa shape index (κ3) is 2.14. The molecule has 0 aromatic carbocycles. The molecular weight excluding hydrogens is 171 g/mol. The van der Waals surface area contributed by atoms with E-state index >= 15 is 0 Å². The molecule has 0 heterocycles. The Hall–Kier alpha value is 0.250. The summed E-state index contributed by atoms with van der Waals surface area (Å²) in [5.41, 5.74) is 0. The van der Waals surface area contributed by atoms with Gasteiger partial charge in [-0.3, -0.25) is 4.79 Å². The largest absolute Gasteiger partial charge is 0.281 e. The molecule has 3 heteroatoms. The van der Waals surface area contributed by atoms with Crippen LogP contribution in [0, 0.1) is 5.92 Å². The molecule has 0 amide bonds. The van der Waals surface area contributed by atoms with E-state index in [1.165, 1.54) is 0 Å². The zero-order valence-corrected chi connectivity index (χ0v) is 7.16. The molecule has 0 saturated heterocycles. The van der Waals surface area contributed by atoms with Crippen LogP contribution < -0.4 is 0 Å². The van der Waals surface area contributed by atoms with Crippen LogP contribution in [0.4, 0.5) is 0 Å². The van der Waals surface area contributed by atoms with Gasteiger partial charge in [-0.25, -0.2) is 0 Å². The lowest BCUT2D eigenvalue weighted by Gasteiger charge is -2.21. The molecule has 2 atom stereocenters. The van der Waals surface area contributed by atoms with E-state index in [9.17, 15) is 4.79 Å². The molecule has 58 valence electrons. The Morgan fingerprint density at radius 1 is 1.40 bits per heavy atom. The Balaban J connectivity index is 2.39. The molecule has 0 aromatic heterocycles. The van der Waals surface area contributed by atoms with Crippen LogP contribution in [0.15, 0.2) is 0 Å². The molecule has 1 fully saturated rings. The Kier molecular flexibility index (Phi) is 2.99. The van der Waals surface area contributed by atoms with Crippen LogP contribution in [0.2, 0.25) is 0 Å². The number of rotatable bonds is 1. The minimum absolute atomic E-state index is 0.0258. The maximum atomic E-state index is 10.7. The van der Waals surface area contributed by atoms with Gasteiger partial charge in [-0.1, -0.05) is 6.42 Å². The summed E-state index contributed by atoms with van der Waals surface area (Å²) in [5, 5.41) is -0.0493. The van der Waals surface area contributed by atoms with Crippen molar-refractivity contribution < 1.29 is 4.79 Å². The quantitative estimate of drug-likeness (QED) is 0.448. The third-order valence-electron chi connectivity index (χ3n) is 1.93. The number of alkyl halides is 1. The van der Waals surface area contributed by atoms with Crippen molar-refractivity contribution in [3.63, 3.8) is 0 Å². The van der Waals surface area contributed by atoms with Crippen LogP contribution in [0.25, 0.3) is 0 Å². The minimum atomic E-state index is -0.217. The summed E-state index contributed by atoms with van der Waals surface area (Å²) >= 11 is 11.2. The second kappa shape index (κ2) is 3.59. The second-order valence-corrected chi connectivity index (χ2v) is 3.75. The van der Waals surface area contributed by atoms with Gasteiger partial charge in [-0.05, 0) is 30.9 Å². The molecule has 0 bridgehead atoms. The molecule has 0 radical (unpaired) electrons. The van der Waals surface area contributed by atoms with Crippen molar-refractivity contribution in [2.75, 3.05) is 0 Å². The van der Waals surface area contributed by atoms with Gasteiger partial charge in [0.05, 0.1) is 0 Å². The van der Waals surface area contributed by atoms with Crippen LogP contribution in [-0.4, -0.2) is 10.6 Å². The SMILES string of the molecule is O=C(Cl)C1CCCC(Cl)C1. The number of carbonyl (C=O) groups excluding carboxylic acids is 1. The van der Waals surface area contributed by atoms with E-state index in [2.05, 4.69) is 0 Å². The Bertz CT molecular complexity index is 136. The van der Waals surface area contributed by atoms with Crippen molar-refractivity contribution >= 4 is 28.4 Å². The fraction of sp³-hybridized carbons (Fsp3) is 0.857. The highest BCUT2D eigenvalue weighted by Gasteiger charge is 2.24. The smallest absolute Gasteiger partial charge is 0.224 e. The zero-order valence-electron chi connectivity index (χ0n) is 5.65. The van der Waals surface area contributed by atoms with Gasteiger partial charge in [0.2, 0.25) is 5.24 Å². The normalized spacial score (nSPS) is 33.8. The molecule has 0 N–H and O–H groups in total. The molecule has 1 aliphatic rings. The van der Waals surface area contributed by atoms with E-state index in [-0.39, 0.29) is 16.5 Å². The summed E-state index contributed by atoms with van der Waals surface area (Å²) in [6.45, 7) is 0. The van der Waals surface area contributed by atoms with Crippen LogP contribution in [0.1, 0.15) is 25.7 Å². The first-order valence-electron chi connectivity index (χ1n) is 3.53. The molecule has 2 unspecified atom stereocenters. The third-order valence-corrected chi connectivity index (χ3v) is 2.64. The lowest BCUT2D eigenvalue weighted by molar-refractivity contribution is -0.115. The predicted octanol–water partition coefficient (Wildman–Crippen LogP) is 2.55. The number of carbonyl (C=O) groups is 1. The first-order valence-corrected chi connectivity index (χ1v) is 4.35. The zero-order chi connectivity index (χ0) is 7.56. The molecule has 0 aromatic rings. The Labute approximate surface area is 70.7 Å². The van der Waals surface area contributed by atoms with E-state index in [0.29, 0.717) is 0 Å². The van der Waals surface area contributed by atoms with E-state index < -0.39 is 0 Å². The highest BCUT2D eigenvalue weighted by atomic mass is 35.5. The van der Waals surface area contributed by atoms with Gasteiger partial charge in [0, 0.05) is 11.3 Å². The first-order chi connectivity index (χ1) is 4.70. The van der Waals surface area contributed by atoms with Crippen molar-refractivity contribution in [2.24, 2.45) is 5.92 Å². The topological polar surface area (TPSA) is 17.1 Å². The first kappa shape index (κ1) is 8.35. The molecule has 1 aliphatic carbocycles. The van der Waals surface area contributed by atoms with Crippen LogP contribution >= 0.6 is 23.2 Å². The Morgan fingerprint density at radius 3 is 2.50 bits per heavy atom. The molecule has 10 heavy (non-hydrogen) atoms. The summed E-state index contributed by atoms with van der Waals surface area (Å²) in [6, 6.07) is 0. The van der Waals surface area contributed by atoms with E-state index in [1.807, 2.05) is 0 Å². The van der Waals surface area contributed by atoms with Crippen molar-refractivity contribution in [2.45, 2.75) is 31.1 Å². The average Bonchev–Trinajstić information content (AvgIpc) is 1.88. The van der Waals surface area contributed by atoms with Gasteiger partial charge in [0.1, 0.15) is 0 Å². The number of hydrogen-bond acceptors (Lipinski definition) is 1. The van der Waals surface area contributed by atoms with Crippen LogP contribution in [-0.2, 0) is 4.79 Å². The van der Waals surface area contributed by atoms with Gasteiger partial charge in [-0.2, -0.15) is 0 Å². The van der Waals surface area contributed by atoms with Gasteiger partial charge >= 0.3 is 0 Å². The molecule has 1 rings (SSSR count).